The summed E-state index contributed by atoms with van der Waals surface area (Å²) in [6.45, 7) is 7.38. The summed E-state index contributed by atoms with van der Waals surface area (Å²) in [5.74, 6) is 0.0398. The molecule has 1 unspecified atom stereocenters. The molecule has 6 nitrogen and oxygen atoms in total. The van der Waals surface area contributed by atoms with E-state index in [4.69, 9.17) is 4.74 Å². The van der Waals surface area contributed by atoms with Crippen LogP contribution < -0.4 is 5.32 Å². The van der Waals surface area contributed by atoms with Crippen LogP contribution in [0.15, 0.2) is 24.5 Å². The molecule has 1 aromatic heterocycles. The number of nitrogens with one attached hydrogen (secondary N) is 1. The highest BCUT2D eigenvalue weighted by Crippen LogP contribution is 2.48. The Kier molecular flexibility index (Phi) is 5.00. The number of hydrogen-bond acceptors (Lipinski definition) is 4. The predicted molar refractivity (Wildman–Crippen MR) is 82.1 cm³/mol. The van der Waals surface area contributed by atoms with Crippen LogP contribution >= 0.6 is 0 Å². The van der Waals surface area contributed by atoms with Gasteiger partial charge in [0.15, 0.2) is 0 Å². The third kappa shape index (κ3) is 3.55. The second-order valence-corrected chi connectivity index (χ2v) is 6.09. The average molecular weight is 305 g/mol. The predicted octanol–water partition coefficient (Wildman–Crippen LogP) is 2.13. The fourth-order valence-electron chi connectivity index (χ4n) is 2.93. The monoisotopic (exact) mass is 305 g/mol. The van der Waals surface area contributed by atoms with Gasteiger partial charge in [-0.25, -0.2) is 4.79 Å². The van der Waals surface area contributed by atoms with Gasteiger partial charge in [0, 0.05) is 37.3 Å². The number of nitrogens with zero attached hydrogens (tertiary/aromatic N) is 2. The molecule has 1 aromatic rings. The van der Waals surface area contributed by atoms with Crippen LogP contribution in [0.5, 0.6) is 0 Å². The Morgan fingerprint density at radius 3 is 2.68 bits per heavy atom. The summed E-state index contributed by atoms with van der Waals surface area (Å²) < 4.78 is 4.77. The van der Waals surface area contributed by atoms with E-state index < -0.39 is 6.09 Å². The lowest BCUT2D eigenvalue weighted by Gasteiger charge is -2.54. The first-order valence-corrected chi connectivity index (χ1v) is 7.55. The highest BCUT2D eigenvalue weighted by Gasteiger charge is 2.48. The van der Waals surface area contributed by atoms with Crippen molar-refractivity contribution in [1.29, 1.82) is 0 Å². The van der Waals surface area contributed by atoms with Gasteiger partial charge < -0.3 is 15.0 Å². The van der Waals surface area contributed by atoms with Crippen molar-refractivity contribution in [2.45, 2.75) is 33.2 Å². The van der Waals surface area contributed by atoms with Gasteiger partial charge in [-0.3, -0.25) is 9.78 Å². The molecule has 0 spiro atoms. The molecule has 2 amide bonds. The molecule has 0 aromatic carbocycles. The summed E-state index contributed by atoms with van der Waals surface area (Å²) in [6.07, 6.45) is 3.28. The van der Waals surface area contributed by atoms with Crippen LogP contribution in [0.3, 0.4) is 0 Å². The van der Waals surface area contributed by atoms with Crippen LogP contribution in [0.4, 0.5) is 4.79 Å². The Labute approximate surface area is 130 Å². The van der Waals surface area contributed by atoms with E-state index in [0.717, 1.165) is 12.1 Å². The standard InChI is InChI=1S/C16H23N3O3/c1-4-22-15(21)18-10-7-13(20)19-11-16(2,3)14(19)12-5-8-17-9-6-12/h5-6,8-9,14H,4,7,10-11H2,1-3H3,(H,18,21). The molecule has 1 fully saturated rings. The number of likely N-dealkylation sites (tertiary alicyclic amines) is 1. The maximum absolute atomic E-state index is 12.4. The quantitative estimate of drug-likeness (QED) is 0.904. The van der Waals surface area contributed by atoms with E-state index in [-0.39, 0.29) is 30.3 Å². The molecule has 1 aliphatic rings. The molecule has 6 heteroatoms. The molecular weight excluding hydrogens is 282 g/mol. The minimum absolute atomic E-state index is 0.0398. The van der Waals surface area contributed by atoms with Crippen molar-refractivity contribution in [3.63, 3.8) is 0 Å². The Bertz CT molecular complexity index is 531. The molecule has 0 aliphatic carbocycles. The molecule has 0 radical (unpaired) electrons. The van der Waals surface area contributed by atoms with Gasteiger partial charge in [-0.15, -0.1) is 0 Å². The first-order valence-electron chi connectivity index (χ1n) is 7.55. The number of hydrogen-bond donors (Lipinski definition) is 1. The lowest BCUT2D eigenvalue weighted by molar-refractivity contribution is -0.152. The number of amides is 2. The number of aromatic nitrogens is 1. The third-order valence-electron chi connectivity index (χ3n) is 3.86. The van der Waals surface area contributed by atoms with Gasteiger partial charge in [-0.2, -0.15) is 0 Å². The van der Waals surface area contributed by atoms with Gasteiger partial charge in [-0.05, 0) is 24.6 Å². The van der Waals surface area contributed by atoms with Gasteiger partial charge in [0.05, 0.1) is 12.6 Å². The number of rotatable bonds is 5. The molecule has 120 valence electrons. The topological polar surface area (TPSA) is 71.5 Å². The lowest BCUT2D eigenvalue weighted by Crippen LogP contribution is -2.58. The van der Waals surface area contributed by atoms with E-state index >= 15 is 0 Å². The molecule has 1 aliphatic heterocycles. The number of ether oxygens (including phenoxy) is 1. The summed E-state index contributed by atoms with van der Waals surface area (Å²) in [5.41, 5.74) is 1.14. The van der Waals surface area contributed by atoms with E-state index in [0.29, 0.717) is 6.61 Å². The van der Waals surface area contributed by atoms with Gasteiger partial charge in [0.1, 0.15) is 0 Å². The van der Waals surface area contributed by atoms with Crippen molar-refractivity contribution in [3.05, 3.63) is 30.1 Å². The SMILES string of the molecule is CCOC(=O)NCCC(=O)N1CC(C)(C)C1c1ccncc1. The van der Waals surface area contributed by atoms with Crippen molar-refractivity contribution in [2.75, 3.05) is 19.7 Å². The van der Waals surface area contributed by atoms with Gasteiger partial charge in [0.2, 0.25) is 5.91 Å². The smallest absolute Gasteiger partial charge is 0.407 e. The van der Waals surface area contributed by atoms with Crippen LogP contribution in [0.25, 0.3) is 0 Å². The highest BCUT2D eigenvalue weighted by molar-refractivity contribution is 5.79. The highest BCUT2D eigenvalue weighted by atomic mass is 16.5. The van der Waals surface area contributed by atoms with Crippen LogP contribution in [0.2, 0.25) is 0 Å². The third-order valence-corrected chi connectivity index (χ3v) is 3.86. The molecule has 0 saturated carbocycles. The van der Waals surface area contributed by atoms with E-state index in [9.17, 15) is 9.59 Å². The Balaban J connectivity index is 1.91. The average Bonchev–Trinajstić information content (AvgIpc) is 2.46. The molecule has 0 bridgehead atoms. The lowest BCUT2D eigenvalue weighted by atomic mass is 9.71. The van der Waals surface area contributed by atoms with Crippen molar-refractivity contribution in [2.24, 2.45) is 5.41 Å². The maximum atomic E-state index is 12.4. The zero-order valence-corrected chi connectivity index (χ0v) is 13.3. The Morgan fingerprint density at radius 1 is 1.41 bits per heavy atom. The van der Waals surface area contributed by atoms with Gasteiger partial charge >= 0.3 is 6.09 Å². The number of alkyl carbamates (subject to hydrolysis) is 1. The van der Waals surface area contributed by atoms with Crippen molar-refractivity contribution >= 4 is 12.0 Å². The van der Waals surface area contributed by atoms with Gasteiger partial charge in [0.25, 0.3) is 0 Å². The molecular formula is C16H23N3O3. The maximum Gasteiger partial charge on any atom is 0.407 e. The zero-order valence-electron chi connectivity index (χ0n) is 13.3. The summed E-state index contributed by atoms with van der Waals surface area (Å²) >= 11 is 0. The van der Waals surface area contributed by atoms with Gasteiger partial charge in [-0.1, -0.05) is 13.8 Å². The van der Waals surface area contributed by atoms with Crippen LogP contribution in [-0.2, 0) is 9.53 Å². The number of pyridine rings is 1. The van der Waals surface area contributed by atoms with E-state index in [2.05, 4.69) is 24.1 Å². The Hall–Kier alpha value is -2.11. The fourth-order valence-corrected chi connectivity index (χ4v) is 2.93. The molecule has 1 atom stereocenters. The summed E-state index contributed by atoms with van der Waals surface area (Å²) in [4.78, 5) is 29.4. The number of carbonyl (C=O) groups is 2. The Morgan fingerprint density at radius 2 is 2.09 bits per heavy atom. The second kappa shape index (κ2) is 6.77. The normalized spacial score (nSPS) is 19.2. The van der Waals surface area contributed by atoms with Crippen LogP contribution in [0, 0.1) is 5.41 Å². The van der Waals surface area contributed by atoms with E-state index in [1.54, 1.807) is 19.3 Å². The summed E-state index contributed by atoms with van der Waals surface area (Å²) in [7, 11) is 0. The summed E-state index contributed by atoms with van der Waals surface area (Å²) in [6, 6.07) is 3.96. The minimum atomic E-state index is -0.482. The fraction of sp³-hybridized carbons (Fsp3) is 0.562. The van der Waals surface area contributed by atoms with Crippen LogP contribution in [-0.4, -0.2) is 41.6 Å². The molecule has 1 N–H and O–H groups in total. The van der Waals surface area contributed by atoms with Crippen molar-refractivity contribution < 1.29 is 14.3 Å². The van der Waals surface area contributed by atoms with E-state index in [1.165, 1.54) is 0 Å². The van der Waals surface area contributed by atoms with Crippen LogP contribution in [0.1, 0.15) is 38.8 Å². The molecule has 2 heterocycles. The molecule has 1 saturated heterocycles. The largest absolute Gasteiger partial charge is 0.450 e. The second-order valence-electron chi connectivity index (χ2n) is 6.09. The zero-order chi connectivity index (χ0) is 16.2. The first kappa shape index (κ1) is 16.3. The minimum Gasteiger partial charge on any atom is -0.450 e. The first-order chi connectivity index (χ1) is 10.5. The molecule has 2 rings (SSSR count). The molecule has 22 heavy (non-hydrogen) atoms. The van der Waals surface area contributed by atoms with E-state index in [1.807, 2.05) is 17.0 Å². The summed E-state index contributed by atoms with van der Waals surface area (Å²) in [5, 5.41) is 2.57. The number of carbonyl (C=O) groups excluding carboxylic acids is 2. The van der Waals surface area contributed by atoms with Crippen molar-refractivity contribution in [3.8, 4) is 0 Å². The van der Waals surface area contributed by atoms with Crippen molar-refractivity contribution in [1.82, 2.24) is 15.2 Å².